The molecule has 0 saturated heterocycles. The number of rotatable bonds is 3. The Balaban J connectivity index is 2.69. The van der Waals surface area contributed by atoms with Gasteiger partial charge in [-0.1, -0.05) is 13.0 Å². The lowest BCUT2D eigenvalue weighted by molar-refractivity contribution is 0.758. The van der Waals surface area contributed by atoms with Gasteiger partial charge in [0.15, 0.2) is 0 Å². The summed E-state index contributed by atoms with van der Waals surface area (Å²) in [6.45, 7) is 6.39. The summed E-state index contributed by atoms with van der Waals surface area (Å²) < 4.78 is 0. The predicted molar refractivity (Wildman–Crippen MR) is 52.3 cm³/mol. The Morgan fingerprint density at radius 1 is 1.58 bits per heavy atom. The Bertz CT molecular complexity index is 245. The van der Waals surface area contributed by atoms with Gasteiger partial charge in [-0.05, 0) is 31.9 Å². The normalized spacial score (nSPS) is 12.6. The van der Waals surface area contributed by atoms with E-state index in [4.69, 9.17) is 0 Å². The van der Waals surface area contributed by atoms with Gasteiger partial charge in [0.05, 0.1) is 0 Å². The number of anilines is 1. The predicted octanol–water partition coefficient (Wildman–Crippen LogP) is 2.60. The molecule has 0 aliphatic carbocycles. The molecule has 2 nitrogen and oxygen atoms in total. The summed E-state index contributed by atoms with van der Waals surface area (Å²) in [7, 11) is 0. The van der Waals surface area contributed by atoms with Gasteiger partial charge in [0.2, 0.25) is 0 Å². The Morgan fingerprint density at radius 3 is 2.92 bits per heavy atom. The number of hydrogen-bond acceptors (Lipinski definition) is 2. The van der Waals surface area contributed by atoms with Gasteiger partial charge in [0.25, 0.3) is 0 Å². The molecular weight excluding hydrogens is 148 g/mol. The first-order chi connectivity index (χ1) is 5.74. The van der Waals surface area contributed by atoms with Crippen LogP contribution in [0.15, 0.2) is 18.3 Å². The number of aromatic nitrogens is 1. The van der Waals surface area contributed by atoms with Gasteiger partial charge < -0.3 is 5.32 Å². The molecule has 1 aromatic heterocycles. The molecule has 12 heavy (non-hydrogen) atoms. The molecule has 0 amide bonds. The van der Waals surface area contributed by atoms with E-state index in [0.717, 1.165) is 12.2 Å². The Morgan fingerprint density at radius 2 is 2.33 bits per heavy atom. The van der Waals surface area contributed by atoms with Crippen molar-refractivity contribution in [2.45, 2.75) is 33.2 Å². The summed E-state index contributed by atoms with van der Waals surface area (Å²) in [4.78, 5) is 4.26. The monoisotopic (exact) mass is 164 g/mol. The fraction of sp³-hybridized carbons (Fsp3) is 0.500. The molecule has 1 rings (SSSR count). The summed E-state index contributed by atoms with van der Waals surface area (Å²) in [5.41, 5.74) is 1.21. The number of nitrogens with one attached hydrogen (secondary N) is 1. The second-order valence-corrected chi connectivity index (χ2v) is 3.12. The third kappa shape index (κ3) is 2.22. The Labute approximate surface area is 74.0 Å². The van der Waals surface area contributed by atoms with E-state index in [1.54, 1.807) is 0 Å². The molecule has 1 heterocycles. The van der Waals surface area contributed by atoms with Crippen LogP contribution in [-0.2, 0) is 0 Å². The lowest BCUT2D eigenvalue weighted by Gasteiger charge is -2.13. The van der Waals surface area contributed by atoms with E-state index in [-0.39, 0.29) is 0 Å². The van der Waals surface area contributed by atoms with E-state index in [1.807, 2.05) is 12.3 Å². The van der Waals surface area contributed by atoms with Crippen LogP contribution in [0.3, 0.4) is 0 Å². The van der Waals surface area contributed by atoms with Crippen molar-refractivity contribution in [2.75, 3.05) is 5.32 Å². The van der Waals surface area contributed by atoms with Gasteiger partial charge in [-0.25, -0.2) is 4.98 Å². The highest BCUT2D eigenvalue weighted by atomic mass is 15.0. The van der Waals surface area contributed by atoms with E-state index < -0.39 is 0 Å². The van der Waals surface area contributed by atoms with Crippen LogP contribution in [0.25, 0.3) is 0 Å². The second kappa shape index (κ2) is 4.10. The molecule has 0 bridgehead atoms. The number of pyridine rings is 1. The first-order valence-electron chi connectivity index (χ1n) is 4.42. The summed E-state index contributed by atoms with van der Waals surface area (Å²) in [5, 5.41) is 3.35. The van der Waals surface area contributed by atoms with Crippen LogP contribution in [0, 0.1) is 6.92 Å². The minimum Gasteiger partial charge on any atom is -0.367 e. The zero-order chi connectivity index (χ0) is 8.97. The molecule has 0 radical (unpaired) electrons. The molecule has 0 aromatic carbocycles. The van der Waals surface area contributed by atoms with E-state index in [0.29, 0.717) is 6.04 Å². The van der Waals surface area contributed by atoms with Crippen molar-refractivity contribution in [1.82, 2.24) is 4.98 Å². The highest BCUT2D eigenvalue weighted by molar-refractivity contribution is 5.43. The van der Waals surface area contributed by atoms with Crippen molar-refractivity contribution in [3.8, 4) is 0 Å². The average molecular weight is 164 g/mol. The van der Waals surface area contributed by atoms with Crippen LogP contribution < -0.4 is 5.32 Å². The second-order valence-electron chi connectivity index (χ2n) is 3.12. The Hall–Kier alpha value is -1.05. The highest BCUT2D eigenvalue weighted by Crippen LogP contribution is 2.11. The molecule has 0 spiro atoms. The van der Waals surface area contributed by atoms with Crippen LogP contribution in [-0.4, -0.2) is 11.0 Å². The molecule has 0 aliphatic heterocycles. The molecule has 1 atom stereocenters. The molecule has 66 valence electrons. The van der Waals surface area contributed by atoms with Crippen molar-refractivity contribution in [1.29, 1.82) is 0 Å². The van der Waals surface area contributed by atoms with Crippen LogP contribution in [0.5, 0.6) is 0 Å². The summed E-state index contributed by atoms with van der Waals surface area (Å²) in [6, 6.07) is 4.52. The molecule has 0 saturated carbocycles. The molecule has 1 unspecified atom stereocenters. The minimum atomic E-state index is 0.499. The molecule has 1 N–H and O–H groups in total. The van der Waals surface area contributed by atoms with Crippen molar-refractivity contribution in [3.63, 3.8) is 0 Å². The minimum absolute atomic E-state index is 0.499. The van der Waals surface area contributed by atoms with Gasteiger partial charge in [-0.15, -0.1) is 0 Å². The molecule has 1 aromatic rings. The third-order valence-corrected chi connectivity index (χ3v) is 2.00. The average Bonchev–Trinajstić information content (AvgIpc) is 2.09. The third-order valence-electron chi connectivity index (χ3n) is 2.00. The number of hydrogen-bond donors (Lipinski definition) is 1. The molecule has 0 aliphatic rings. The molecule has 2 heteroatoms. The van der Waals surface area contributed by atoms with Gasteiger partial charge >= 0.3 is 0 Å². The standard InChI is InChI=1S/C10H16N2/c1-4-9(3)12-10-8(2)6-5-7-11-10/h5-7,9H,4H2,1-3H3,(H,11,12). The van der Waals surface area contributed by atoms with Gasteiger partial charge in [-0.2, -0.15) is 0 Å². The zero-order valence-electron chi connectivity index (χ0n) is 7.96. The largest absolute Gasteiger partial charge is 0.367 e. The van der Waals surface area contributed by atoms with Crippen molar-refractivity contribution in [3.05, 3.63) is 23.9 Å². The number of nitrogens with zero attached hydrogens (tertiary/aromatic N) is 1. The first-order valence-corrected chi connectivity index (χ1v) is 4.42. The fourth-order valence-corrected chi connectivity index (χ4v) is 0.972. The number of aryl methyl sites for hydroxylation is 1. The van der Waals surface area contributed by atoms with Crippen molar-refractivity contribution >= 4 is 5.82 Å². The van der Waals surface area contributed by atoms with Crippen LogP contribution in [0.2, 0.25) is 0 Å². The Kier molecular flexibility index (Phi) is 3.09. The summed E-state index contributed by atoms with van der Waals surface area (Å²) >= 11 is 0. The van der Waals surface area contributed by atoms with Gasteiger partial charge in [-0.3, -0.25) is 0 Å². The lowest BCUT2D eigenvalue weighted by atomic mass is 10.2. The lowest BCUT2D eigenvalue weighted by Crippen LogP contribution is -2.15. The van der Waals surface area contributed by atoms with Crippen molar-refractivity contribution < 1.29 is 0 Å². The molecular formula is C10H16N2. The summed E-state index contributed by atoms with van der Waals surface area (Å²) in [5.74, 6) is 1.01. The van der Waals surface area contributed by atoms with E-state index in [9.17, 15) is 0 Å². The topological polar surface area (TPSA) is 24.9 Å². The fourth-order valence-electron chi connectivity index (χ4n) is 0.972. The smallest absolute Gasteiger partial charge is 0.129 e. The highest BCUT2D eigenvalue weighted by Gasteiger charge is 2.01. The first kappa shape index (κ1) is 9.04. The SMILES string of the molecule is CCC(C)Nc1ncccc1C. The van der Waals surface area contributed by atoms with Crippen LogP contribution >= 0.6 is 0 Å². The maximum absolute atomic E-state index is 4.26. The maximum atomic E-state index is 4.26. The van der Waals surface area contributed by atoms with Gasteiger partial charge in [0, 0.05) is 12.2 Å². The van der Waals surface area contributed by atoms with E-state index in [1.165, 1.54) is 5.56 Å². The quantitative estimate of drug-likeness (QED) is 0.742. The van der Waals surface area contributed by atoms with E-state index in [2.05, 4.69) is 37.1 Å². The maximum Gasteiger partial charge on any atom is 0.129 e. The summed E-state index contributed by atoms with van der Waals surface area (Å²) in [6.07, 6.45) is 2.94. The van der Waals surface area contributed by atoms with Crippen molar-refractivity contribution in [2.24, 2.45) is 0 Å². The molecule has 0 fully saturated rings. The van der Waals surface area contributed by atoms with Crippen LogP contribution in [0.4, 0.5) is 5.82 Å². The van der Waals surface area contributed by atoms with Gasteiger partial charge in [0.1, 0.15) is 5.82 Å². The zero-order valence-corrected chi connectivity index (χ0v) is 7.96. The van der Waals surface area contributed by atoms with E-state index >= 15 is 0 Å². The van der Waals surface area contributed by atoms with Crippen LogP contribution in [0.1, 0.15) is 25.8 Å².